The van der Waals surface area contributed by atoms with E-state index in [9.17, 15) is 14.4 Å². The van der Waals surface area contributed by atoms with Crippen LogP contribution in [0.15, 0.2) is 0 Å². The van der Waals surface area contributed by atoms with Crippen LogP contribution in [-0.4, -0.2) is 41.8 Å². The van der Waals surface area contributed by atoms with E-state index in [4.69, 9.17) is 4.74 Å². The van der Waals surface area contributed by atoms with Crippen LogP contribution in [0.25, 0.3) is 0 Å². The summed E-state index contributed by atoms with van der Waals surface area (Å²) in [6, 6.07) is 0. The van der Waals surface area contributed by atoms with Crippen molar-refractivity contribution in [2.24, 2.45) is 5.41 Å². The lowest BCUT2D eigenvalue weighted by Gasteiger charge is -2.33. The molecule has 0 aromatic rings. The van der Waals surface area contributed by atoms with Crippen molar-refractivity contribution >= 4 is 17.7 Å². The Bertz CT molecular complexity index is 356. The Morgan fingerprint density at radius 1 is 1.39 bits per heavy atom. The summed E-state index contributed by atoms with van der Waals surface area (Å²) in [4.78, 5) is 37.0. The second kappa shape index (κ2) is 5.50. The topological polar surface area (TPSA) is 63.7 Å². The van der Waals surface area contributed by atoms with Crippen molar-refractivity contribution in [1.29, 1.82) is 0 Å². The van der Waals surface area contributed by atoms with Crippen LogP contribution >= 0.6 is 0 Å². The fourth-order valence-corrected chi connectivity index (χ4v) is 1.72. The van der Waals surface area contributed by atoms with Crippen molar-refractivity contribution in [1.82, 2.24) is 4.90 Å². The van der Waals surface area contributed by atoms with Crippen molar-refractivity contribution in [3.05, 3.63) is 0 Å². The molecule has 0 spiro atoms. The first-order valence-corrected chi connectivity index (χ1v) is 6.30. The molecule has 1 atom stereocenters. The minimum atomic E-state index is -1.26. The quantitative estimate of drug-likeness (QED) is 0.558. The van der Waals surface area contributed by atoms with Crippen LogP contribution in [0.5, 0.6) is 0 Å². The SMILES string of the molecule is CCCCN1CC(=O)OC(C(=O)C(C)(C)C)C1=O. The lowest BCUT2D eigenvalue weighted by molar-refractivity contribution is -0.176. The fraction of sp³-hybridized carbons (Fsp3) is 0.769. The smallest absolute Gasteiger partial charge is 0.326 e. The summed E-state index contributed by atoms with van der Waals surface area (Å²) in [5.41, 5.74) is -0.700. The Morgan fingerprint density at radius 3 is 2.50 bits per heavy atom. The number of nitrogens with zero attached hydrogens (tertiary/aromatic N) is 1. The van der Waals surface area contributed by atoms with Crippen LogP contribution in [-0.2, 0) is 19.1 Å². The van der Waals surface area contributed by atoms with Crippen molar-refractivity contribution in [3.63, 3.8) is 0 Å². The molecule has 1 unspecified atom stereocenters. The van der Waals surface area contributed by atoms with E-state index in [1.54, 1.807) is 20.8 Å². The van der Waals surface area contributed by atoms with Gasteiger partial charge in [-0.2, -0.15) is 0 Å². The molecule has 18 heavy (non-hydrogen) atoms. The van der Waals surface area contributed by atoms with Crippen LogP contribution in [0, 0.1) is 5.41 Å². The zero-order valence-electron chi connectivity index (χ0n) is 11.5. The molecule has 0 aromatic carbocycles. The largest absolute Gasteiger partial charge is 0.443 e. The molecule has 1 rings (SSSR count). The highest BCUT2D eigenvalue weighted by atomic mass is 16.6. The number of hydrogen-bond acceptors (Lipinski definition) is 4. The summed E-state index contributed by atoms with van der Waals surface area (Å²) >= 11 is 0. The molecule has 1 amide bonds. The molecule has 0 N–H and O–H groups in total. The van der Waals surface area contributed by atoms with Crippen molar-refractivity contribution in [2.45, 2.75) is 46.6 Å². The van der Waals surface area contributed by atoms with Gasteiger partial charge in [0.05, 0.1) is 0 Å². The van der Waals surface area contributed by atoms with E-state index >= 15 is 0 Å². The first-order chi connectivity index (χ1) is 8.27. The van der Waals surface area contributed by atoms with Gasteiger partial charge in [0.15, 0.2) is 5.78 Å². The number of unbranched alkanes of at least 4 members (excludes halogenated alkanes) is 1. The third kappa shape index (κ3) is 3.31. The predicted molar refractivity (Wildman–Crippen MR) is 65.8 cm³/mol. The normalized spacial score (nSPS) is 20.9. The van der Waals surface area contributed by atoms with Crippen LogP contribution in [0.3, 0.4) is 0 Å². The molecule has 5 nitrogen and oxygen atoms in total. The lowest BCUT2D eigenvalue weighted by Crippen LogP contribution is -2.55. The van der Waals surface area contributed by atoms with Gasteiger partial charge in [-0.25, -0.2) is 0 Å². The summed E-state index contributed by atoms with van der Waals surface area (Å²) in [7, 11) is 0. The van der Waals surface area contributed by atoms with Crippen LogP contribution in [0.1, 0.15) is 40.5 Å². The van der Waals surface area contributed by atoms with E-state index in [0.29, 0.717) is 6.54 Å². The van der Waals surface area contributed by atoms with Crippen LogP contribution in [0.2, 0.25) is 0 Å². The van der Waals surface area contributed by atoms with Crippen LogP contribution < -0.4 is 0 Å². The predicted octanol–water partition coefficient (Wildman–Crippen LogP) is 1.16. The maximum Gasteiger partial charge on any atom is 0.326 e. The number of carbonyl (C=O) groups excluding carboxylic acids is 3. The van der Waals surface area contributed by atoms with Gasteiger partial charge in [-0.15, -0.1) is 0 Å². The summed E-state index contributed by atoms with van der Waals surface area (Å²) in [5, 5.41) is 0. The average Bonchev–Trinajstić information content (AvgIpc) is 2.27. The Hall–Kier alpha value is -1.39. The minimum absolute atomic E-state index is 0.0489. The molecule has 1 aliphatic rings. The van der Waals surface area contributed by atoms with Gasteiger partial charge in [-0.05, 0) is 6.42 Å². The van der Waals surface area contributed by atoms with E-state index < -0.39 is 17.5 Å². The van der Waals surface area contributed by atoms with Gasteiger partial charge in [-0.3, -0.25) is 14.4 Å². The van der Waals surface area contributed by atoms with Gasteiger partial charge < -0.3 is 9.64 Å². The number of esters is 1. The monoisotopic (exact) mass is 255 g/mol. The van der Waals surface area contributed by atoms with Gasteiger partial charge in [0.2, 0.25) is 6.10 Å². The highest BCUT2D eigenvalue weighted by Gasteiger charge is 2.43. The number of Topliss-reactive ketones (excluding diaryl/α,β-unsaturated/α-hetero) is 1. The number of amides is 1. The minimum Gasteiger partial charge on any atom is -0.443 e. The van der Waals surface area contributed by atoms with E-state index in [1.165, 1.54) is 4.90 Å². The first kappa shape index (κ1) is 14.7. The molecule has 1 saturated heterocycles. The van der Waals surface area contributed by atoms with Gasteiger partial charge in [0.25, 0.3) is 5.91 Å². The summed E-state index contributed by atoms with van der Waals surface area (Å²) in [6.07, 6.45) is 0.481. The first-order valence-electron chi connectivity index (χ1n) is 6.30. The van der Waals surface area contributed by atoms with Crippen molar-refractivity contribution < 1.29 is 19.1 Å². The molecule has 0 bridgehead atoms. The second-order valence-electron chi connectivity index (χ2n) is 5.60. The maximum absolute atomic E-state index is 12.1. The average molecular weight is 255 g/mol. The number of hydrogen-bond donors (Lipinski definition) is 0. The molecule has 1 aliphatic heterocycles. The maximum atomic E-state index is 12.1. The number of ether oxygens (including phenoxy) is 1. The molecular weight excluding hydrogens is 234 g/mol. The standard InChI is InChI=1S/C13H21NO4/c1-5-6-7-14-8-9(15)18-10(12(14)17)11(16)13(2,3)4/h10H,5-8H2,1-4H3. The Balaban J connectivity index is 2.82. The molecule has 0 aliphatic carbocycles. The number of ketones is 1. The fourth-order valence-electron chi connectivity index (χ4n) is 1.72. The van der Waals surface area contributed by atoms with Gasteiger partial charge in [0, 0.05) is 12.0 Å². The van der Waals surface area contributed by atoms with Crippen LogP contribution in [0.4, 0.5) is 0 Å². The number of morpholine rings is 1. The molecule has 0 aromatic heterocycles. The van der Waals surface area contributed by atoms with Crippen molar-refractivity contribution in [2.75, 3.05) is 13.1 Å². The number of cyclic esters (lactones) is 1. The van der Waals surface area contributed by atoms with Gasteiger partial charge in [-0.1, -0.05) is 34.1 Å². The Morgan fingerprint density at radius 2 is 2.00 bits per heavy atom. The van der Waals surface area contributed by atoms with Crippen molar-refractivity contribution in [3.8, 4) is 0 Å². The summed E-state index contributed by atoms with van der Waals surface area (Å²) in [5.74, 6) is -1.24. The molecule has 0 radical (unpaired) electrons. The second-order valence-corrected chi connectivity index (χ2v) is 5.60. The third-order valence-corrected chi connectivity index (χ3v) is 2.86. The summed E-state index contributed by atoms with van der Waals surface area (Å²) in [6.45, 7) is 7.58. The van der Waals surface area contributed by atoms with Gasteiger partial charge >= 0.3 is 5.97 Å². The molecule has 5 heteroatoms. The van der Waals surface area contributed by atoms with E-state index in [1.807, 2.05) is 6.92 Å². The van der Waals surface area contributed by atoms with E-state index in [2.05, 4.69) is 0 Å². The van der Waals surface area contributed by atoms with Gasteiger partial charge in [0.1, 0.15) is 6.54 Å². The number of carbonyl (C=O) groups is 3. The molecule has 1 fully saturated rings. The highest BCUT2D eigenvalue weighted by molar-refractivity contribution is 6.09. The Labute approximate surface area is 107 Å². The Kier molecular flexibility index (Phi) is 4.48. The molecule has 102 valence electrons. The summed E-state index contributed by atoms with van der Waals surface area (Å²) < 4.78 is 4.92. The van der Waals surface area contributed by atoms with E-state index in [0.717, 1.165) is 12.8 Å². The third-order valence-electron chi connectivity index (χ3n) is 2.86. The lowest BCUT2D eigenvalue weighted by atomic mass is 9.86. The zero-order chi connectivity index (χ0) is 13.9. The highest BCUT2D eigenvalue weighted by Crippen LogP contribution is 2.22. The molecular formula is C13H21NO4. The number of rotatable bonds is 4. The molecule has 0 saturated carbocycles. The van der Waals surface area contributed by atoms with E-state index in [-0.39, 0.29) is 18.2 Å². The zero-order valence-corrected chi connectivity index (χ0v) is 11.5. The molecule has 1 heterocycles.